The Labute approximate surface area is 177 Å². The van der Waals surface area contributed by atoms with E-state index in [1.165, 1.54) is 24.3 Å². The average molecular weight is 429 g/mol. The van der Waals surface area contributed by atoms with Gasteiger partial charge >= 0.3 is 6.09 Å². The maximum Gasteiger partial charge on any atom is 0.418 e. The van der Waals surface area contributed by atoms with Crippen LogP contribution in [-0.2, 0) is 20.3 Å². The van der Waals surface area contributed by atoms with Gasteiger partial charge in [0.1, 0.15) is 17.1 Å². The van der Waals surface area contributed by atoms with Crippen LogP contribution in [0.15, 0.2) is 58.3 Å². The number of rotatable bonds is 3. The zero-order valence-electron chi connectivity index (χ0n) is 17.1. The molecule has 2 aromatic rings. The first kappa shape index (κ1) is 21.6. The molecule has 0 bridgehead atoms. The number of carbonyl (C=O) groups excluding carboxylic acids is 2. The average Bonchev–Trinajstić information content (AvgIpc) is 3.03. The lowest BCUT2D eigenvalue weighted by molar-refractivity contribution is -0.125. The second-order valence-electron chi connectivity index (χ2n) is 7.92. The van der Waals surface area contributed by atoms with Crippen LogP contribution in [0.4, 0.5) is 4.79 Å². The Morgan fingerprint density at radius 1 is 1.07 bits per heavy atom. The molecule has 0 aromatic heterocycles. The van der Waals surface area contributed by atoms with Crippen molar-refractivity contribution in [2.45, 2.75) is 49.1 Å². The van der Waals surface area contributed by atoms with E-state index in [0.29, 0.717) is 4.90 Å². The maximum absolute atomic E-state index is 13.3. The number of phenolic OH excluding ortho intramolecular Hbond substituents is 2. The van der Waals surface area contributed by atoms with E-state index in [2.05, 4.69) is 0 Å². The van der Waals surface area contributed by atoms with Gasteiger partial charge in [0.25, 0.3) is 5.91 Å². The zero-order chi connectivity index (χ0) is 22.2. The normalized spacial score (nSPS) is 17.3. The van der Waals surface area contributed by atoms with Crippen molar-refractivity contribution in [1.82, 2.24) is 4.90 Å². The molecule has 2 N–H and O–H groups in total. The Morgan fingerprint density at radius 2 is 1.67 bits per heavy atom. The molecule has 0 unspecified atom stereocenters. The number of hydrogen-bond donors (Lipinski definition) is 2. The Hall–Kier alpha value is -3.13. The summed E-state index contributed by atoms with van der Waals surface area (Å²) in [5.41, 5.74) is 0.122. The van der Waals surface area contributed by atoms with Crippen LogP contribution < -0.4 is 0 Å². The highest BCUT2D eigenvalue weighted by Crippen LogP contribution is 2.42. The largest absolute Gasteiger partial charge is 0.508 e. The van der Waals surface area contributed by atoms with E-state index in [0.717, 1.165) is 10.5 Å². The smallest absolute Gasteiger partial charge is 0.418 e. The molecule has 0 spiro atoms. The zero-order valence-corrected chi connectivity index (χ0v) is 17.9. The number of amides is 2. The Balaban J connectivity index is 2.11. The number of aromatic hydroxyl groups is 2. The molecular weight excluding hydrogens is 406 g/mol. The number of aryl methyl sites for hydroxylation is 1. The van der Waals surface area contributed by atoms with Crippen LogP contribution in [0.25, 0.3) is 0 Å². The topological polar surface area (TPSA) is 104 Å². The molecule has 3 rings (SSSR count). The van der Waals surface area contributed by atoms with Gasteiger partial charge in [0.15, 0.2) is 0 Å². The van der Waals surface area contributed by atoms with E-state index >= 15 is 0 Å². The number of nitrogens with zero attached hydrogens (tertiary/aromatic N) is 1. The van der Waals surface area contributed by atoms with E-state index in [4.69, 9.17) is 4.74 Å². The fourth-order valence-corrected chi connectivity index (χ4v) is 4.36. The number of phenols is 2. The minimum atomic E-state index is -1.88. The summed E-state index contributed by atoms with van der Waals surface area (Å²) in [7, 11) is -1.88. The van der Waals surface area contributed by atoms with Crippen LogP contribution in [0.1, 0.15) is 37.9 Å². The molecule has 2 atom stereocenters. The Morgan fingerprint density at radius 3 is 2.27 bits per heavy atom. The van der Waals surface area contributed by atoms with Gasteiger partial charge in [-0.25, -0.2) is 13.9 Å². The van der Waals surface area contributed by atoms with Crippen molar-refractivity contribution in [1.29, 1.82) is 0 Å². The highest BCUT2D eigenvalue weighted by molar-refractivity contribution is 7.85. The summed E-state index contributed by atoms with van der Waals surface area (Å²) in [5.74, 6) is -1.26. The summed E-state index contributed by atoms with van der Waals surface area (Å²) in [5, 5.41) is 21.1. The standard InChI is InChI=1S/C22H23NO6S/c1-13-5-7-14(8-6-13)30(28)20-17(25)11-10-16(24)19(20)15-9-12-18(26)23(15)21(27)29-22(2,3)4/h5-12,15,24-25H,1-4H3/t15-,30-/m0/s1. The number of benzene rings is 2. The number of carbonyl (C=O) groups is 2. The molecular formula is C22H23NO6S. The molecule has 0 aliphatic carbocycles. The van der Waals surface area contributed by atoms with E-state index < -0.39 is 34.4 Å². The van der Waals surface area contributed by atoms with Gasteiger partial charge in [0, 0.05) is 16.5 Å². The fourth-order valence-electron chi connectivity index (χ4n) is 3.05. The van der Waals surface area contributed by atoms with Crippen molar-refractivity contribution < 1.29 is 28.7 Å². The molecule has 7 nitrogen and oxygen atoms in total. The van der Waals surface area contributed by atoms with E-state index in [1.807, 2.05) is 6.92 Å². The maximum atomic E-state index is 13.3. The first-order chi connectivity index (χ1) is 14.0. The quantitative estimate of drug-likeness (QED) is 0.716. The molecule has 8 heteroatoms. The van der Waals surface area contributed by atoms with Crippen LogP contribution >= 0.6 is 0 Å². The molecule has 0 saturated carbocycles. The number of imide groups is 1. The third-order valence-corrected chi connectivity index (χ3v) is 5.90. The van der Waals surface area contributed by atoms with Crippen molar-refractivity contribution in [2.75, 3.05) is 0 Å². The van der Waals surface area contributed by atoms with Gasteiger partial charge in [-0.1, -0.05) is 23.8 Å². The van der Waals surface area contributed by atoms with Gasteiger partial charge in [-0.2, -0.15) is 0 Å². The molecule has 2 aromatic carbocycles. The van der Waals surface area contributed by atoms with Gasteiger partial charge < -0.3 is 14.9 Å². The fraction of sp³-hybridized carbons (Fsp3) is 0.273. The van der Waals surface area contributed by atoms with Crippen molar-refractivity contribution >= 4 is 22.8 Å². The third kappa shape index (κ3) is 4.23. The minimum absolute atomic E-state index is 0.00173. The highest BCUT2D eigenvalue weighted by Gasteiger charge is 2.39. The van der Waals surface area contributed by atoms with Crippen molar-refractivity contribution in [2.24, 2.45) is 0 Å². The highest BCUT2D eigenvalue weighted by atomic mass is 32.2. The van der Waals surface area contributed by atoms with Gasteiger partial charge in [0.2, 0.25) is 0 Å². The number of hydrogen-bond acceptors (Lipinski definition) is 6. The summed E-state index contributed by atoms with van der Waals surface area (Å²) >= 11 is 0. The second kappa shape index (κ2) is 7.95. The van der Waals surface area contributed by atoms with Crippen LogP contribution in [0, 0.1) is 6.92 Å². The van der Waals surface area contributed by atoms with Crippen LogP contribution in [0.3, 0.4) is 0 Å². The molecule has 1 aliphatic heterocycles. The molecule has 158 valence electrons. The van der Waals surface area contributed by atoms with Crippen molar-refractivity contribution in [3.05, 3.63) is 59.7 Å². The summed E-state index contributed by atoms with van der Waals surface area (Å²) in [4.78, 5) is 26.2. The van der Waals surface area contributed by atoms with E-state index in [-0.39, 0.29) is 22.0 Å². The first-order valence-corrected chi connectivity index (χ1v) is 10.4. The predicted molar refractivity (Wildman–Crippen MR) is 111 cm³/mol. The Kier molecular flexibility index (Phi) is 5.72. The number of ether oxygens (including phenoxy) is 1. The lowest BCUT2D eigenvalue weighted by Crippen LogP contribution is -2.39. The molecule has 0 radical (unpaired) electrons. The monoisotopic (exact) mass is 429 g/mol. The van der Waals surface area contributed by atoms with Gasteiger partial charge in [0.05, 0.1) is 21.7 Å². The van der Waals surface area contributed by atoms with Gasteiger partial charge in [-0.05, 0) is 52.0 Å². The Bertz CT molecular complexity index is 1050. The van der Waals surface area contributed by atoms with Crippen molar-refractivity contribution in [3.8, 4) is 11.5 Å². The molecule has 0 saturated heterocycles. The second-order valence-corrected chi connectivity index (χ2v) is 9.34. The van der Waals surface area contributed by atoms with Gasteiger partial charge in [-0.15, -0.1) is 0 Å². The molecule has 2 amide bonds. The SMILES string of the molecule is Cc1ccc([S@](=O)c2c(O)ccc(O)c2[C@@H]2C=CC(=O)N2C(=O)OC(C)(C)C)cc1. The van der Waals surface area contributed by atoms with E-state index in [9.17, 15) is 24.0 Å². The van der Waals surface area contributed by atoms with Gasteiger partial charge in [-0.3, -0.25) is 4.79 Å². The molecule has 30 heavy (non-hydrogen) atoms. The molecule has 1 aliphatic rings. The third-order valence-electron chi connectivity index (χ3n) is 4.40. The summed E-state index contributed by atoms with van der Waals surface area (Å²) in [6, 6.07) is 8.23. The van der Waals surface area contributed by atoms with Crippen molar-refractivity contribution in [3.63, 3.8) is 0 Å². The molecule has 0 fully saturated rings. The predicted octanol–water partition coefficient (Wildman–Crippen LogP) is 3.95. The lowest BCUT2D eigenvalue weighted by Gasteiger charge is -2.28. The van der Waals surface area contributed by atoms with Crippen LogP contribution in [-0.4, -0.2) is 36.9 Å². The lowest BCUT2D eigenvalue weighted by atomic mass is 10.0. The minimum Gasteiger partial charge on any atom is -0.508 e. The molecule has 1 heterocycles. The summed E-state index contributed by atoms with van der Waals surface area (Å²) < 4.78 is 18.6. The van der Waals surface area contributed by atoms with E-state index in [1.54, 1.807) is 45.0 Å². The summed E-state index contributed by atoms with van der Waals surface area (Å²) in [6.45, 7) is 6.88. The summed E-state index contributed by atoms with van der Waals surface area (Å²) in [6.07, 6.45) is 1.67. The first-order valence-electron chi connectivity index (χ1n) is 9.27. The van der Waals surface area contributed by atoms with Crippen LogP contribution in [0.2, 0.25) is 0 Å². The van der Waals surface area contributed by atoms with Crippen LogP contribution in [0.5, 0.6) is 11.5 Å².